The molecule has 0 unspecified atom stereocenters. The lowest BCUT2D eigenvalue weighted by atomic mass is 9.69. The summed E-state index contributed by atoms with van der Waals surface area (Å²) >= 11 is 0. The Morgan fingerprint density at radius 2 is 1.93 bits per heavy atom. The van der Waals surface area contributed by atoms with Gasteiger partial charge in [-0.25, -0.2) is 0 Å². The number of amides is 1. The molecule has 1 aromatic rings. The Morgan fingerprint density at radius 3 is 2.77 bits per heavy atom. The summed E-state index contributed by atoms with van der Waals surface area (Å²) in [6, 6.07) is 4.92. The number of aromatic nitrogens is 1. The fraction of sp³-hybridized carbons (Fsp3) is 0.760. The Labute approximate surface area is 181 Å². The first kappa shape index (κ1) is 20.3. The monoisotopic (exact) mass is 411 g/mol. The number of methoxy groups -OCH3 is 1. The minimum absolute atomic E-state index is 0.449. The molecule has 5 heteroatoms. The first-order valence-electron chi connectivity index (χ1n) is 12.2. The average Bonchev–Trinajstić information content (AvgIpc) is 2.77. The highest BCUT2D eigenvalue weighted by Gasteiger charge is 2.49. The van der Waals surface area contributed by atoms with E-state index in [4.69, 9.17) is 4.74 Å². The van der Waals surface area contributed by atoms with E-state index in [1.54, 1.807) is 7.11 Å². The molecule has 0 aromatic carbocycles. The van der Waals surface area contributed by atoms with Crippen LogP contribution in [0.2, 0.25) is 0 Å². The smallest absolute Gasteiger partial charge is 0.223 e. The van der Waals surface area contributed by atoms with Gasteiger partial charge in [-0.2, -0.15) is 0 Å². The molecule has 1 amide bonds. The van der Waals surface area contributed by atoms with Crippen molar-refractivity contribution in [3.8, 4) is 5.75 Å². The molecule has 1 aromatic heterocycles. The lowest BCUT2D eigenvalue weighted by Gasteiger charge is -2.57. The maximum Gasteiger partial charge on any atom is 0.223 e. The van der Waals surface area contributed by atoms with E-state index < -0.39 is 0 Å². The quantitative estimate of drug-likeness (QED) is 0.726. The number of piperidine rings is 3. The first-order valence-corrected chi connectivity index (χ1v) is 12.2. The maximum absolute atomic E-state index is 13.0. The third-order valence-corrected chi connectivity index (χ3v) is 8.28. The van der Waals surface area contributed by atoms with Crippen LogP contribution in [0.15, 0.2) is 18.3 Å². The Balaban J connectivity index is 1.35. The van der Waals surface area contributed by atoms with Crippen LogP contribution >= 0.6 is 0 Å². The molecule has 0 radical (unpaired) electrons. The summed E-state index contributed by atoms with van der Waals surface area (Å²) in [5.41, 5.74) is 1.09. The lowest BCUT2D eigenvalue weighted by molar-refractivity contribution is -0.154. The van der Waals surface area contributed by atoms with Crippen molar-refractivity contribution >= 4 is 5.91 Å². The molecule has 3 saturated heterocycles. The van der Waals surface area contributed by atoms with E-state index in [1.807, 2.05) is 12.3 Å². The number of carbonyl (C=O) groups is 1. The molecule has 1 saturated carbocycles. The zero-order valence-electron chi connectivity index (χ0n) is 18.5. The number of rotatable bonds is 5. The van der Waals surface area contributed by atoms with E-state index in [0.717, 1.165) is 49.8 Å². The van der Waals surface area contributed by atoms with Crippen LogP contribution in [0.4, 0.5) is 0 Å². The van der Waals surface area contributed by atoms with Crippen LogP contribution < -0.4 is 4.74 Å². The van der Waals surface area contributed by atoms with Crippen molar-refractivity contribution in [2.75, 3.05) is 20.2 Å². The molecular formula is C25H37N3O2. The zero-order chi connectivity index (χ0) is 20.5. The summed E-state index contributed by atoms with van der Waals surface area (Å²) in [7, 11) is 1.72. The summed E-state index contributed by atoms with van der Waals surface area (Å²) in [6.07, 6.45) is 14.4. The Hall–Kier alpha value is -1.62. The summed E-state index contributed by atoms with van der Waals surface area (Å²) in [5, 5.41) is 0. The van der Waals surface area contributed by atoms with Crippen molar-refractivity contribution in [3.05, 3.63) is 24.0 Å². The molecule has 1 aliphatic carbocycles. The van der Waals surface area contributed by atoms with Gasteiger partial charge in [0, 0.05) is 50.4 Å². The van der Waals surface area contributed by atoms with E-state index in [9.17, 15) is 4.79 Å². The van der Waals surface area contributed by atoms with E-state index in [0.29, 0.717) is 29.8 Å². The second kappa shape index (κ2) is 8.86. The maximum atomic E-state index is 13.0. The molecule has 0 N–H and O–H groups in total. The van der Waals surface area contributed by atoms with E-state index in [2.05, 4.69) is 20.9 Å². The van der Waals surface area contributed by atoms with Crippen molar-refractivity contribution in [2.45, 2.75) is 82.8 Å². The minimum atomic E-state index is 0.449. The molecular weight excluding hydrogens is 374 g/mol. The SMILES string of the molecule is COc1ccnc(CN2C[C@H]3C[C@@H](C2)[C@H](CC2CCCCC2)N2C(=O)CCC[C@@H]32)c1. The molecule has 5 nitrogen and oxygen atoms in total. The molecule has 4 aliphatic rings. The number of ether oxygens (including phenoxy) is 1. The molecule has 3 aliphatic heterocycles. The Bertz CT molecular complexity index is 748. The number of likely N-dealkylation sites (tertiary alicyclic amines) is 1. The fourth-order valence-electron chi connectivity index (χ4n) is 6.97. The summed E-state index contributed by atoms with van der Waals surface area (Å²) in [5.74, 6) is 3.41. The normalized spacial score (nSPS) is 32.7. The minimum Gasteiger partial charge on any atom is -0.497 e. The van der Waals surface area contributed by atoms with Gasteiger partial charge in [0.1, 0.15) is 5.75 Å². The second-order valence-electron chi connectivity index (χ2n) is 10.2. The van der Waals surface area contributed by atoms with Gasteiger partial charge in [0.15, 0.2) is 0 Å². The van der Waals surface area contributed by atoms with Gasteiger partial charge in [-0.3, -0.25) is 14.7 Å². The second-order valence-corrected chi connectivity index (χ2v) is 10.2. The highest BCUT2D eigenvalue weighted by molar-refractivity contribution is 5.78. The molecule has 4 fully saturated rings. The Kier molecular flexibility index (Phi) is 5.99. The molecule has 164 valence electrons. The molecule has 0 spiro atoms. The third kappa shape index (κ3) is 4.10. The van der Waals surface area contributed by atoms with Gasteiger partial charge >= 0.3 is 0 Å². The topological polar surface area (TPSA) is 45.7 Å². The van der Waals surface area contributed by atoms with Crippen LogP contribution in [0, 0.1) is 17.8 Å². The van der Waals surface area contributed by atoms with Crippen LogP contribution in [0.25, 0.3) is 0 Å². The van der Waals surface area contributed by atoms with Crippen molar-refractivity contribution in [3.63, 3.8) is 0 Å². The molecule has 2 bridgehead atoms. The molecule has 4 atom stereocenters. The molecule has 4 heterocycles. The number of carbonyl (C=O) groups excluding carboxylic acids is 1. The average molecular weight is 412 g/mol. The van der Waals surface area contributed by atoms with Crippen LogP contribution in [-0.2, 0) is 11.3 Å². The van der Waals surface area contributed by atoms with Gasteiger partial charge in [-0.1, -0.05) is 32.1 Å². The van der Waals surface area contributed by atoms with Crippen molar-refractivity contribution in [2.24, 2.45) is 17.8 Å². The van der Waals surface area contributed by atoms with Gasteiger partial charge in [0.05, 0.1) is 12.8 Å². The highest BCUT2D eigenvalue weighted by atomic mass is 16.5. The number of hydrogen-bond acceptors (Lipinski definition) is 4. The van der Waals surface area contributed by atoms with Crippen molar-refractivity contribution in [1.29, 1.82) is 0 Å². The summed E-state index contributed by atoms with van der Waals surface area (Å²) in [6.45, 7) is 3.09. The van der Waals surface area contributed by atoms with Crippen LogP contribution in [0.5, 0.6) is 5.75 Å². The third-order valence-electron chi connectivity index (χ3n) is 8.28. The number of pyridine rings is 1. The van der Waals surface area contributed by atoms with Gasteiger partial charge in [-0.15, -0.1) is 0 Å². The first-order chi connectivity index (χ1) is 14.7. The van der Waals surface area contributed by atoms with E-state index in [1.165, 1.54) is 51.4 Å². The van der Waals surface area contributed by atoms with Crippen molar-refractivity contribution < 1.29 is 9.53 Å². The fourth-order valence-corrected chi connectivity index (χ4v) is 6.97. The van der Waals surface area contributed by atoms with Gasteiger partial charge in [0.2, 0.25) is 5.91 Å². The number of fused-ring (bicyclic) bond motifs is 4. The number of hydrogen-bond donors (Lipinski definition) is 0. The molecule has 5 rings (SSSR count). The molecule has 30 heavy (non-hydrogen) atoms. The largest absolute Gasteiger partial charge is 0.497 e. The van der Waals surface area contributed by atoms with Gasteiger partial charge in [0.25, 0.3) is 0 Å². The van der Waals surface area contributed by atoms with E-state index in [-0.39, 0.29) is 0 Å². The van der Waals surface area contributed by atoms with Gasteiger partial charge in [-0.05, 0) is 49.5 Å². The predicted molar refractivity (Wildman–Crippen MR) is 117 cm³/mol. The standard InChI is InChI=1S/C25H37N3O2/c1-30-22-10-11-26-21(14-22)17-27-15-19-13-20(16-27)24(12-18-6-3-2-4-7-18)28-23(19)8-5-9-25(28)29/h10-11,14,18-20,23-24H,2-9,12-13,15-17H2,1H3/t19-,20+,23+,24+/m1/s1. The van der Waals surface area contributed by atoms with Crippen molar-refractivity contribution in [1.82, 2.24) is 14.8 Å². The number of nitrogens with zero attached hydrogens (tertiary/aromatic N) is 3. The predicted octanol–water partition coefficient (Wildman–Crippen LogP) is 4.26. The highest BCUT2D eigenvalue weighted by Crippen LogP contribution is 2.44. The lowest BCUT2D eigenvalue weighted by Crippen LogP contribution is -2.65. The summed E-state index contributed by atoms with van der Waals surface area (Å²) < 4.78 is 5.40. The van der Waals surface area contributed by atoms with E-state index >= 15 is 0 Å². The zero-order valence-corrected chi connectivity index (χ0v) is 18.5. The van der Waals surface area contributed by atoms with Gasteiger partial charge < -0.3 is 9.64 Å². The Morgan fingerprint density at radius 1 is 1.10 bits per heavy atom. The van der Waals surface area contributed by atoms with Crippen LogP contribution in [0.1, 0.15) is 69.9 Å². The van der Waals surface area contributed by atoms with Crippen LogP contribution in [-0.4, -0.2) is 53.0 Å². The van der Waals surface area contributed by atoms with Crippen LogP contribution in [0.3, 0.4) is 0 Å². The summed E-state index contributed by atoms with van der Waals surface area (Å²) in [4.78, 5) is 22.7.